The quantitative estimate of drug-likeness (QED) is 0.242. The molecule has 0 saturated heterocycles. The van der Waals surface area contributed by atoms with Crippen LogP contribution < -0.4 is 0 Å². The summed E-state index contributed by atoms with van der Waals surface area (Å²) < 4.78 is 5.77. The molecule has 0 aromatic heterocycles. The minimum absolute atomic E-state index is 0.0827. The van der Waals surface area contributed by atoms with Crippen molar-refractivity contribution in [1.29, 1.82) is 0 Å². The molecule has 186 valence electrons. The van der Waals surface area contributed by atoms with Gasteiger partial charge in [0, 0.05) is 17.9 Å². The van der Waals surface area contributed by atoms with E-state index in [2.05, 4.69) is 20.4 Å². The third-order valence-electron chi connectivity index (χ3n) is 8.46. The number of carbonyl (C=O) groups is 2. The maximum atomic E-state index is 12.5. The Bertz CT molecular complexity index is 917. The minimum atomic E-state index is -0.731. The number of carbonyl (C=O) groups excluding carboxylic acids is 1. The number of fused-ring (bicyclic) bond motifs is 1. The van der Waals surface area contributed by atoms with Gasteiger partial charge < -0.3 is 14.9 Å². The van der Waals surface area contributed by atoms with Crippen molar-refractivity contribution in [2.24, 2.45) is 28.6 Å². The molecule has 0 bridgehead atoms. The van der Waals surface area contributed by atoms with Crippen LogP contribution in [0, 0.1) is 28.6 Å². The van der Waals surface area contributed by atoms with Gasteiger partial charge in [0.25, 0.3) is 0 Å². The van der Waals surface area contributed by atoms with E-state index in [9.17, 15) is 14.7 Å². The molecule has 2 aliphatic carbocycles. The van der Waals surface area contributed by atoms with Crippen molar-refractivity contribution in [3.63, 3.8) is 0 Å². The van der Waals surface area contributed by atoms with Gasteiger partial charge in [0.1, 0.15) is 5.75 Å². The Morgan fingerprint density at radius 2 is 1.94 bits per heavy atom. The molecule has 1 aromatic rings. The average molecular weight is 469 g/mol. The zero-order valence-electron chi connectivity index (χ0n) is 20.9. The number of hydrogen-bond donors (Lipinski definition) is 2. The minimum Gasteiger partial charge on any atom is -0.508 e. The molecule has 5 atom stereocenters. The monoisotopic (exact) mass is 468 g/mol. The maximum Gasteiger partial charge on any atom is 0.330 e. The van der Waals surface area contributed by atoms with Gasteiger partial charge in [-0.05, 0) is 85.5 Å². The van der Waals surface area contributed by atoms with Gasteiger partial charge in [0.2, 0.25) is 0 Å². The van der Waals surface area contributed by atoms with E-state index in [0.29, 0.717) is 18.4 Å². The Balaban J connectivity index is 1.65. The number of allylic oxidation sites excluding steroid dienone is 1. The van der Waals surface area contributed by atoms with Crippen molar-refractivity contribution in [3.05, 3.63) is 48.1 Å². The molecule has 2 saturated carbocycles. The number of rotatable bonds is 9. The summed E-state index contributed by atoms with van der Waals surface area (Å²) in [4.78, 5) is 23.6. The number of aromatic hydroxyl groups is 1. The number of carboxylic acids is 1. The van der Waals surface area contributed by atoms with Crippen LogP contribution in [0.1, 0.15) is 77.7 Å². The molecule has 34 heavy (non-hydrogen) atoms. The summed E-state index contributed by atoms with van der Waals surface area (Å²) in [6.07, 6.45) is 10.6. The molecule has 5 unspecified atom stereocenters. The SMILES string of the molecule is C=C1CCC2C(C)(COC(=O)C=Cc3ccc(O)cc3)CCCC2(C)C1CCC(C)CC(=O)O. The molecule has 0 aliphatic heterocycles. The zero-order chi connectivity index (χ0) is 24.9. The Morgan fingerprint density at radius 1 is 1.24 bits per heavy atom. The van der Waals surface area contributed by atoms with Crippen molar-refractivity contribution in [1.82, 2.24) is 0 Å². The molecule has 0 heterocycles. The topological polar surface area (TPSA) is 83.8 Å². The number of carboxylic acid groups (broad SMARTS) is 1. The van der Waals surface area contributed by atoms with Crippen LogP contribution in [0.5, 0.6) is 5.75 Å². The highest BCUT2D eigenvalue weighted by Crippen LogP contribution is 2.62. The fourth-order valence-corrected chi connectivity index (χ4v) is 6.67. The molecular weight excluding hydrogens is 428 g/mol. The number of phenolic OH excluding ortho intramolecular Hbond substituents is 1. The smallest absolute Gasteiger partial charge is 0.330 e. The second kappa shape index (κ2) is 10.8. The molecule has 0 spiro atoms. The first-order valence-electron chi connectivity index (χ1n) is 12.6. The Hall–Kier alpha value is -2.56. The molecule has 0 amide bonds. The lowest BCUT2D eigenvalue weighted by molar-refractivity contribution is -0.149. The third-order valence-corrected chi connectivity index (χ3v) is 8.46. The molecule has 5 nitrogen and oxygen atoms in total. The summed E-state index contributed by atoms with van der Waals surface area (Å²) in [5.74, 6) is 0.0925. The second-order valence-corrected chi connectivity index (χ2v) is 11.1. The van der Waals surface area contributed by atoms with E-state index in [0.717, 1.165) is 50.5 Å². The van der Waals surface area contributed by atoms with E-state index in [1.165, 1.54) is 11.6 Å². The molecule has 1 aromatic carbocycles. The van der Waals surface area contributed by atoms with Crippen LogP contribution in [0.4, 0.5) is 0 Å². The Labute approximate surface area is 203 Å². The lowest BCUT2D eigenvalue weighted by atomic mass is 9.46. The van der Waals surface area contributed by atoms with E-state index < -0.39 is 5.97 Å². The van der Waals surface area contributed by atoms with E-state index in [4.69, 9.17) is 9.84 Å². The first-order chi connectivity index (χ1) is 16.0. The average Bonchev–Trinajstić information content (AvgIpc) is 2.76. The standard InChI is InChI=1S/C29H40O5/c1-20(18-26(31)32)6-13-24-21(2)7-14-25-28(3,16-5-17-29(24,25)4)19-34-27(33)15-10-22-8-11-23(30)12-9-22/h8-12,15,20,24-25,30H,2,5-7,13-14,16-19H2,1,3-4H3,(H,31,32). The van der Waals surface area contributed by atoms with Crippen LogP contribution in [0.3, 0.4) is 0 Å². The second-order valence-electron chi connectivity index (χ2n) is 11.1. The van der Waals surface area contributed by atoms with Crippen LogP contribution in [0.25, 0.3) is 6.08 Å². The van der Waals surface area contributed by atoms with Gasteiger partial charge in [-0.15, -0.1) is 0 Å². The highest BCUT2D eigenvalue weighted by atomic mass is 16.5. The van der Waals surface area contributed by atoms with Gasteiger partial charge in [-0.1, -0.05) is 51.5 Å². The molecule has 2 aliphatic rings. The van der Waals surface area contributed by atoms with Crippen LogP contribution in [0.2, 0.25) is 0 Å². The highest BCUT2D eigenvalue weighted by Gasteiger charge is 2.54. The summed E-state index contributed by atoms with van der Waals surface area (Å²) in [6, 6.07) is 6.67. The van der Waals surface area contributed by atoms with E-state index in [-0.39, 0.29) is 34.9 Å². The van der Waals surface area contributed by atoms with E-state index in [1.807, 2.05) is 6.92 Å². The van der Waals surface area contributed by atoms with Crippen molar-refractivity contribution in [2.75, 3.05) is 6.61 Å². The van der Waals surface area contributed by atoms with Gasteiger partial charge >= 0.3 is 11.9 Å². The third kappa shape index (κ3) is 6.11. The molecule has 3 rings (SSSR count). The Morgan fingerprint density at radius 3 is 2.62 bits per heavy atom. The molecule has 2 fully saturated rings. The lowest BCUT2D eigenvalue weighted by Gasteiger charge is -2.58. The number of ether oxygens (including phenoxy) is 1. The molecular formula is C29H40O5. The summed E-state index contributed by atoms with van der Waals surface area (Å²) in [7, 11) is 0. The first kappa shape index (κ1) is 26.1. The van der Waals surface area contributed by atoms with Crippen molar-refractivity contribution < 1.29 is 24.5 Å². The molecule has 2 N–H and O–H groups in total. The fourth-order valence-electron chi connectivity index (χ4n) is 6.67. The van der Waals surface area contributed by atoms with Gasteiger partial charge in [-0.2, -0.15) is 0 Å². The molecule has 5 heteroatoms. The molecule has 0 radical (unpaired) electrons. The first-order valence-corrected chi connectivity index (χ1v) is 12.6. The van der Waals surface area contributed by atoms with E-state index >= 15 is 0 Å². The van der Waals surface area contributed by atoms with Crippen LogP contribution >= 0.6 is 0 Å². The van der Waals surface area contributed by atoms with Gasteiger partial charge in [-0.3, -0.25) is 4.79 Å². The van der Waals surface area contributed by atoms with Crippen molar-refractivity contribution >= 4 is 18.0 Å². The zero-order valence-corrected chi connectivity index (χ0v) is 20.9. The summed E-state index contributed by atoms with van der Waals surface area (Å²) in [5, 5.41) is 18.5. The van der Waals surface area contributed by atoms with Gasteiger partial charge in [0.15, 0.2) is 0 Å². The van der Waals surface area contributed by atoms with Gasteiger partial charge in [-0.25, -0.2) is 4.79 Å². The van der Waals surface area contributed by atoms with Crippen molar-refractivity contribution in [2.45, 2.75) is 72.1 Å². The highest BCUT2D eigenvalue weighted by molar-refractivity contribution is 5.87. The maximum absolute atomic E-state index is 12.5. The summed E-state index contributed by atoms with van der Waals surface area (Å²) in [5.41, 5.74) is 2.15. The number of phenols is 1. The fraction of sp³-hybridized carbons (Fsp3) is 0.586. The largest absolute Gasteiger partial charge is 0.508 e. The number of aliphatic carboxylic acids is 1. The number of esters is 1. The summed E-state index contributed by atoms with van der Waals surface area (Å²) >= 11 is 0. The van der Waals surface area contributed by atoms with Crippen molar-refractivity contribution in [3.8, 4) is 5.75 Å². The summed E-state index contributed by atoms with van der Waals surface area (Å²) in [6.45, 7) is 11.5. The predicted octanol–water partition coefficient (Wildman–Crippen LogP) is 6.62. The van der Waals surface area contributed by atoms with Crippen LogP contribution in [-0.4, -0.2) is 28.8 Å². The number of hydrogen-bond acceptors (Lipinski definition) is 4. The predicted molar refractivity (Wildman–Crippen MR) is 134 cm³/mol. The van der Waals surface area contributed by atoms with E-state index in [1.54, 1.807) is 30.3 Å². The Kier molecular flexibility index (Phi) is 8.27. The number of benzene rings is 1. The van der Waals surface area contributed by atoms with Crippen LogP contribution in [-0.2, 0) is 14.3 Å². The van der Waals surface area contributed by atoms with Crippen LogP contribution in [0.15, 0.2) is 42.5 Å². The lowest BCUT2D eigenvalue weighted by Crippen LogP contribution is -2.52. The van der Waals surface area contributed by atoms with Gasteiger partial charge in [0.05, 0.1) is 6.61 Å². The normalized spacial score (nSPS) is 30.0.